The van der Waals surface area contributed by atoms with Gasteiger partial charge in [-0.05, 0) is 0 Å². The van der Waals surface area contributed by atoms with Crippen LogP contribution in [-0.4, -0.2) is 35.5 Å². The van der Waals surface area contributed by atoms with Crippen molar-refractivity contribution in [3.63, 3.8) is 0 Å². The fraction of sp³-hybridized carbons (Fsp3) is 0.571. The van der Waals surface area contributed by atoms with Crippen molar-refractivity contribution in [1.29, 1.82) is 0 Å². The number of carbonyl (C=O) groups excluding carboxylic acids is 1. The number of hydrogen-bond acceptors (Lipinski definition) is 4. The van der Waals surface area contributed by atoms with Gasteiger partial charge in [-0.3, -0.25) is 0 Å². The topological polar surface area (TPSA) is 66.8 Å². The van der Waals surface area contributed by atoms with E-state index in [9.17, 15) is 9.90 Å². The van der Waals surface area contributed by atoms with Crippen molar-refractivity contribution >= 4 is 5.97 Å². The number of esters is 1. The van der Waals surface area contributed by atoms with Crippen LogP contribution in [-0.2, 0) is 9.53 Å². The molecule has 11 heavy (non-hydrogen) atoms. The highest BCUT2D eigenvalue weighted by atomic mass is 16.5. The molecule has 0 aromatic rings. The first-order valence-electron chi connectivity index (χ1n) is 3.31. The van der Waals surface area contributed by atoms with Crippen LogP contribution in [0.1, 0.15) is 0 Å². The average molecular weight is 158 g/mol. The van der Waals surface area contributed by atoms with Crippen LogP contribution in [0.3, 0.4) is 0 Å². The molecule has 62 valence electrons. The van der Waals surface area contributed by atoms with E-state index in [1.165, 1.54) is 0 Å². The van der Waals surface area contributed by atoms with Crippen LogP contribution in [0.25, 0.3) is 0 Å². The Balaban J connectivity index is 2.66. The van der Waals surface area contributed by atoms with Crippen molar-refractivity contribution in [3.8, 4) is 0 Å². The van der Waals surface area contributed by atoms with E-state index in [1.54, 1.807) is 0 Å². The van der Waals surface area contributed by atoms with Crippen LogP contribution in [0, 0.1) is 5.92 Å². The highest BCUT2D eigenvalue weighted by Crippen LogP contribution is 2.18. The third kappa shape index (κ3) is 1.41. The second kappa shape index (κ2) is 3.02. The largest absolute Gasteiger partial charge is 0.462 e. The Kier molecular flexibility index (Phi) is 2.26. The van der Waals surface area contributed by atoms with Crippen LogP contribution in [0.5, 0.6) is 0 Å². The van der Waals surface area contributed by atoms with Gasteiger partial charge < -0.3 is 14.9 Å². The molecule has 0 aromatic heterocycles. The van der Waals surface area contributed by atoms with Crippen molar-refractivity contribution in [2.75, 3.05) is 13.2 Å². The Morgan fingerprint density at radius 3 is 2.91 bits per heavy atom. The number of rotatable bonds is 1. The number of hydrogen-bond donors (Lipinski definition) is 2. The van der Waals surface area contributed by atoms with Crippen LogP contribution >= 0.6 is 0 Å². The molecule has 1 saturated heterocycles. The van der Waals surface area contributed by atoms with Crippen LogP contribution in [0.2, 0.25) is 0 Å². The summed E-state index contributed by atoms with van der Waals surface area (Å²) in [6, 6.07) is 0. The molecule has 4 heteroatoms. The van der Waals surface area contributed by atoms with E-state index in [2.05, 4.69) is 11.3 Å². The van der Waals surface area contributed by atoms with Gasteiger partial charge in [-0.1, -0.05) is 6.58 Å². The Morgan fingerprint density at radius 2 is 2.36 bits per heavy atom. The Labute approximate surface area is 64.1 Å². The fourth-order valence-electron chi connectivity index (χ4n) is 0.924. The number of cyclic esters (lactones) is 1. The van der Waals surface area contributed by atoms with Gasteiger partial charge in [0.25, 0.3) is 0 Å². The van der Waals surface area contributed by atoms with E-state index in [-0.39, 0.29) is 18.8 Å². The van der Waals surface area contributed by atoms with Crippen molar-refractivity contribution in [3.05, 3.63) is 12.2 Å². The number of ether oxygens (including phenoxy) is 1. The molecule has 0 spiro atoms. The molecule has 1 rings (SSSR count). The molecular formula is C7H10O4. The summed E-state index contributed by atoms with van der Waals surface area (Å²) in [5, 5.41) is 17.9. The van der Waals surface area contributed by atoms with Gasteiger partial charge in [0.15, 0.2) is 0 Å². The van der Waals surface area contributed by atoms with E-state index in [0.29, 0.717) is 0 Å². The monoisotopic (exact) mass is 158 g/mol. The molecule has 0 saturated carbocycles. The van der Waals surface area contributed by atoms with Gasteiger partial charge >= 0.3 is 5.97 Å². The van der Waals surface area contributed by atoms with E-state index in [4.69, 9.17) is 5.11 Å². The Bertz CT molecular complexity index is 187. The summed E-state index contributed by atoms with van der Waals surface area (Å²) in [6.45, 7) is 3.20. The van der Waals surface area contributed by atoms with Gasteiger partial charge in [-0.15, -0.1) is 0 Å². The molecule has 1 fully saturated rings. The van der Waals surface area contributed by atoms with Gasteiger partial charge in [0.05, 0.1) is 24.9 Å². The lowest BCUT2D eigenvalue weighted by molar-refractivity contribution is -0.148. The summed E-state index contributed by atoms with van der Waals surface area (Å²) in [5.41, 5.74) is 0.0234. The third-order valence-electron chi connectivity index (χ3n) is 1.73. The zero-order valence-corrected chi connectivity index (χ0v) is 5.99. The second-order valence-corrected chi connectivity index (χ2v) is 2.51. The summed E-state index contributed by atoms with van der Waals surface area (Å²) in [6.07, 6.45) is -0.957. The normalized spacial score (nSPS) is 31.8. The minimum absolute atomic E-state index is 0.0234. The molecule has 2 atom stereocenters. The van der Waals surface area contributed by atoms with Crippen molar-refractivity contribution < 1.29 is 19.7 Å². The summed E-state index contributed by atoms with van der Waals surface area (Å²) < 4.78 is 4.61. The Hall–Kier alpha value is -0.870. The van der Waals surface area contributed by atoms with E-state index < -0.39 is 18.0 Å². The van der Waals surface area contributed by atoms with Crippen molar-refractivity contribution in [1.82, 2.24) is 0 Å². The minimum Gasteiger partial charge on any atom is -0.462 e. The number of carbonyl (C=O) groups is 1. The first-order valence-corrected chi connectivity index (χ1v) is 3.31. The molecule has 0 radical (unpaired) electrons. The lowest BCUT2D eigenvalue weighted by Crippen LogP contribution is -2.38. The van der Waals surface area contributed by atoms with E-state index in [1.807, 2.05) is 0 Å². The quantitative estimate of drug-likeness (QED) is 0.382. The number of aliphatic hydroxyl groups is 2. The van der Waals surface area contributed by atoms with Crippen molar-refractivity contribution in [2.24, 2.45) is 5.92 Å². The highest BCUT2D eigenvalue weighted by Gasteiger charge is 2.32. The second-order valence-electron chi connectivity index (χ2n) is 2.51. The van der Waals surface area contributed by atoms with Gasteiger partial charge in [-0.2, -0.15) is 0 Å². The Morgan fingerprint density at radius 1 is 1.73 bits per heavy atom. The molecule has 1 aliphatic rings. The van der Waals surface area contributed by atoms with E-state index >= 15 is 0 Å². The number of aliphatic hydroxyl groups excluding tert-OH is 2. The molecule has 1 aliphatic heterocycles. The molecule has 2 N–H and O–H groups in total. The molecule has 0 amide bonds. The molecule has 2 unspecified atom stereocenters. The van der Waals surface area contributed by atoms with Crippen molar-refractivity contribution in [2.45, 2.75) is 6.10 Å². The van der Waals surface area contributed by atoms with Gasteiger partial charge in [0.2, 0.25) is 0 Å². The smallest absolute Gasteiger partial charge is 0.336 e. The summed E-state index contributed by atoms with van der Waals surface area (Å²) >= 11 is 0. The molecule has 0 bridgehead atoms. The average Bonchev–Trinajstić information content (AvgIpc) is 2.01. The molecule has 0 aliphatic carbocycles. The summed E-state index contributed by atoms with van der Waals surface area (Å²) in [5.74, 6) is -0.998. The highest BCUT2D eigenvalue weighted by molar-refractivity contribution is 5.89. The molecule has 0 aromatic carbocycles. The predicted octanol–water partition coefficient (Wildman–Crippen LogP) is -0.931. The predicted molar refractivity (Wildman–Crippen MR) is 36.7 cm³/mol. The SMILES string of the molecule is C=C1C(=O)OCC(CO)C1O. The maximum atomic E-state index is 10.7. The maximum Gasteiger partial charge on any atom is 0.336 e. The van der Waals surface area contributed by atoms with Gasteiger partial charge in [-0.25, -0.2) is 4.79 Å². The van der Waals surface area contributed by atoms with Gasteiger partial charge in [0, 0.05) is 5.92 Å². The maximum absolute atomic E-state index is 10.7. The van der Waals surface area contributed by atoms with E-state index in [0.717, 1.165) is 0 Å². The molecular weight excluding hydrogens is 148 g/mol. The standard InChI is InChI=1S/C7H10O4/c1-4-6(9)5(2-8)3-11-7(4)10/h5-6,8-9H,1-3H2. The summed E-state index contributed by atoms with van der Waals surface area (Å²) in [7, 11) is 0. The fourth-order valence-corrected chi connectivity index (χ4v) is 0.924. The van der Waals surface area contributed by atoms with Crippen LogP contribution < -0.4 is 0 Å². The molecule has 4 nitrogen and oxygen atoms in total. The van der Waals surface area contributed by atoms with Crippen LogP contribution in [0.4, 0.5) is 0 Å². The summed E-state index contributed by atoms with van der Waals surface area (Å²) in [4.78, 5) is 10.7. The minimum atomic E-state index is -0.957. The van der Waals surface area contributed by atoms with Gasteiger partial charge in [0.1, 0.15) is 0 Å². The first-order chi connectivity index (χ1) is 5.16. The zero-order valence-electron chi connectivity index (χ0n) is 5.99. The lowest BCUT2D eigenvalue weighted by atomic mass is 9.96. The lowest BCUT2D eigenvalue weighted by Gasteiger charge is -2.26. The first kappa shape index (κ1) is 8.23. The van der Waals surface area contributed by atoms with Crippen LogP contribution in [0.15, 0.2) is 12.2 Å². The third-order valence-corrected chi connectivity index (χ3v) is 1.73. The molecule has 1 heterocycles. The zero-order chi connectivity index (χ0) is 8.43.